The average molecular weight is 495 g/mol. The molecule has 4 rings (SSSR count). The lowest BCUT2D eigenvalue weighted by molar-refractivity contribution is 0.587. The standard InChI is InChI=1S/C25H23FN4O2S2/c1-19-7-13-23(14-8-19)30-24(17-27-34(31,32)16-15-20-5-3-2-4-6-20)28-29-25(30)33-18-21-9-11-22(26)12-10-21/h2-16,27H,17-18H2,1H3/b16-15+. The van der Waals surface area contributed by atoms with Gasteiger partial charge in [-0.3, -0.25) is 4.57 Å². The Bertz CT molecular complexity index is 1370. The summed E-state index contributed by atoms with van der Waals surface area (Å²) in [5, 5.41) is 10.3. The second-order valence-corrected chi connectivity index (χ2v) is 10.2. The van der Waals surface area contributed by atoms with Crippen LogP contribution >= 0.6 is 11.8 Å². The van der Waals surface area contributed by atoms with Gasteiger partial charge in [0, 0.05) is 16.8 Å². The van der Waals surface area contributed by atoms with E-state index in [-0.39, 0.29) is 12.4 Å². The molecule has 0 aliphatic carbocycles. The monoisotopic (exact) mass is 494 g/mol. The van der Waals surface area contributed by atoms with E-state index in [0.717, 1.165) is 27.8 Å². The van der Waals surface area contributed by atoms with Crippen molar-refractivity contribution in [3.05, 3.63) is 113 Å². The minimum absolute atomic E-state index is 0.0283. The molecule has 9 heteroatoms. The number of halogens is 1. The number of sulfonamides is 1. The zero-order chi connectivity index (χ0) is 24.0. The first-order valence-corrected chi connectivity index (χ1v) is 13.0. The van der Waals surface area contributed by atoms with Crippen LogP contribution in [0.5, 0.6) is 0 Å². The molecule has 4 aromatic rings. The van der Waals surface area contributed by atoms with Gasteiger partial charge < -0.3 is 0 Å². The lowest BCUT2D eigenvalue weighted by atomic mass is 10.2. The maximum Gasteiger partial charge on any atom is 0.234 e. The third-order valence-corrected chi connectivity index (χ3v) is 6.99. The van der Waals surface area contributed by atoms with Crippen molar-refractivity contribution in [1.82, 2.24) is 19.5 Å². The van der Waals surface area contributed by atoms with Gasteiger partial charge >= 0.3 is 0 Å². The summed E-state index contributed by atoms with van der Waals surface area (Å²) in [7, 11) is -3.69. The molecular formula is C25H23FN4O2S2. The number of nitrogens with one attached hydrogen (secondary N) is 1. The fourth-order valence-electron chi connectivity index (χ4n) is 3.14. The molecule has 174 valence electrons. The van der Waals surface area contributed by atoms with Crippen molar-refractivity contribution in [1.29, 1.82) is 0 Å². The Morgan fingerprint density at radius 2 is 1.68 bits per heavy atom. The molecule has 0 spiro atoms. The Morgan fingerprint density at radius 1 is 0.971 bits per heavy atom. The fraction of sp³-hybridized carbons (Fsp3) is 0.120. The molecule has 0 saturated heterocycles. The molecule has 0 aliphatic heterocycles. The summed E-state index contributed by atoms with van der Waals surface area (Å²) in [6.07, 6.45) is 1.54. The second kappa shape index (κ2) is 10.8. The van der Waals surface area contributed by atoms with Crippen LogP contribution in [0, 0.1) is 12.7 Å². The average Bonchev–Trinajstić information content (AvgIpc) is 3.25. The lowest BCUT2D eigenvalue weighted by Gasteiger charge is -2.11. The Morgan fingerprint density at radius 3 is 2.38 bits per heavy atom. The van der Waals surface area contributed by atoms with E-state index in [0.29, 0.717) is 16.7 Å². The van der Waals surface area contributed by atoms with Gasteiger partial charge in [-0.1, -0.05) is 71.9 Å². The number of benzene rings is 3. The number of nitrogens with zero attached hydrogens (tertiary/aromatic N) is 3. The number of hydrogen-bond acceptors (Lipinski definition) is 5. The molecule has 0 saturated carbocycles. The largest absolute Gasteiger partial charge is 0.273 e. The summed E-state index contributed by atoms with van der Waals surface area (Å²) < 4.78 is 42.7. The van der Waals surface area contributed by atoms with Crippen molar-refractivity contribution in [2.24, 2.45) is 0 Å². The molecule has 3 aromatic carbocycles. The highest BCUT2D eigenvalue weighted by Crippen LogP contribution is 2.26. The quantitative estimate of drug-likeness (QED) is 0.328. The predicted octanol–water partition coefficient (Wildman–Crippen LogP) is 5.10. The van der Waals surface area contributed by atoms with Gasteiger partial charge in [-0.05, 0) is 48.4 Å². The topological polar surface area (TPSA) is 76.9 Å². The maximum absolute atomic E-state index is 13.2. The summed E-state index contributed by atoms with van der Waals surface area (Å²) >= 11 is 1.44. The molecule has 1 aromatic heterocycles. The Labute approximate surface area is 202 Å². The Balaban J connectivity index is 1.54. The van der Waals surface area contributed by atoms with E-state index in [2.05, 4.69) is 14.9 Å². The first-order valence-electron chi connectivity index (χ1n) is 10.5. The second-order valence-electron chi connectivity index (χ2n) is 7.56. The van der Waals surface area contributed by atoms with Crippen LogP contribution < -0.4 is 4.72 Å². The van der Waals surface area contributed by atoms with E-state index in [1.165, 1.54) is 30.0 Å². The van der Waals surface area contributed by atoms with E-state index in [1.807, 2.05) is 66.1 Å². The SMILES string of the molecule is Cc1ccc(-n2c(CNS(=O)(=O)/C=C/c3ccccc3)nnc2SCc2ccc(F)cc2)cc1. The summed E-state index contributed by atoms with van der Waals surface area (Å²) in [5.74, 6) is 0.741. The number of thioether (sulfide) groups is 1. The first-order chi connectivity index (χ1) is 16.4. The van der Waals surface area contributed by atoms with Crippen LogP contribution in [0.1, 0.15) is 22.5 Å². The van der Waals surface area contributed by atoms with Crippen molar-refractivity contribution in [2.45, 2.75) is 24.4 Å². The van der Waals surface area contributed by atoms with Gasteiger partial charge in [-0.25, -0.2) is 17.5 Å². The van der Waals surface area contributed by atoms with Crippen LogP contribution in [0.3, 0.4) is 0 Å². The summed E-state index contributed by atoms with van der Waals surface area (Å²) in [5.41, 5.74) is 3.66. The highest BCUT2D eigenvalue weighted by Gasteiger charge is 2.16. The number of aromatic nitrogens is 3. The molecule has 0 unspecified atom stereocenters. The van der Waals surface area contributed by atoms with Gasteiger partial charge in [0.1, 0.15) is 5.82 Å². The Kier molecular flexibility index (Phi) is 7.56. The van der Waals surface area contributed by atoms with Crippen molar-refractivity contribution in [3.8, 4) is 5.69 Å². The van der Waals surface area contributed by atoms with Gasteiger partial charge in [-0.15, -0.1) is 10.2 Å². The van der Waals surface area contributed by atoms with E-state index in [4.69, 9.17) is 0 Å². The van der Waals surface area contributed by atoms with Crippen LogP contribution in [0.4, 0.5) is 4.39 Å². The molecule has 0 bridgehead atoms. The third-order valence-electron chi connectivity index (χ3n) is 4.94. The fourth-order valence-corrected chi connectivity index (χ4v) is 4.82. The predicted molar refractivity (Wildman–Crippen MR) is 133 cm³/mol. The van der Waals surface area contributed by atoms with E-state index >= 15 is 0 Å². The highest BCUT2D eigenvalue weighted by atomic mass is 32.2. The smallest absolute Gasteiger partial charge is 0.234 e. The van der Waals surface area contributed by atoms with Crippen molar-refractivity contribution in [2.75, 3.05) is 0 Å². The maximum atomic E-state index is 13.2. The van der Waals surface area contributed by atoms with E-state index < -0.39 is 10.0 Å². The molecule has 1 N–H and O–H groups in total. The molecular weight excluding hydrogens is 471 g/mol. The van der Waals surface area contributed by atoms with Crippen molar-refractivity contribution < 1.29 is 12.8 Å². The van der Waals surface area contributed by atoms with Crippen LogP contribution in [0.25, 0.3) is 11.8 Å². The molecule has 0 amide bonds. The molecule has 6 nitrogen and oxygen atoms in total. The normalized spacial score (nSPS) is 11.8. The number of hydrogen-bond donors (Lipinski definition) is 1. The van der Waals surface area contributed by atoms with Crippen LogP contribution in [-0.4, -0.2) is 23.2 Å². The highest BCUT2D eigenvalue weighted by molar-refractivity contribution is 7.98. The van der Waals surface area contributed by atoms with Gasteiger partial charge in [0.15, 0.2) is 11.0 Å². The van der Waals surface area contributed by atoms with Crippen molar-refractivity contribution >= 4 is 27.9 Å². The van der Waals surface area contributed by atoms with Crippen LogP contribution in [0.15, 0.2) is 89.4 Å². The summed E-state index contributed by atoms with van der Waals surface area (Å²) in [4.78, 5) is 0. The molecule has 1 heterocycles. The third kappa shape index (κ3) is 6.40. The van der Waals surface area contributed by atoms with Gasteiger partial charge in [0.05, 0.1) is 6.54 Å². The molecule has 0 fully saturated rings. The molecule has 34 heavy (non-hydrogen) atoms. The molecule has 0 aliphatic rings. The van der Waals surface area contributed by atoms with Crippen molar-refractivity contribution in [3.63, 3.8) is 0 Å². The van der Waals surface area contributed by atoms with Crippen LogP contribution in [0.2, 0.25) is 0 Å². The zero-order valence-corrected chi connectivity index (χ0v) is 20.1. The van der Waals surface area contributed by atoms with E-state index in [1.54, 1.807) is 12.1 Å². The minimum Gasteiger partial charge on any atom is -0.273 e. The Hall–Kier alpha value is -3.27. The summed E-state index contributed by atoms with van der Waals surface area (Å²) in [6, 6.07) is 23.3. The number of aryl methyl sites for hydroxylation is 1. The first kappa shape index (κ1) is 23.9. The lowest BCUT2D eigenvalue weighted by Crippen LogP contribution is -2.22. The van der Waals surface area contributed by atoms with Gasteiger partial charge in [0.25, 0.3) is 0 Å². The van der Waals surface area contributed by atoms with E-state index in [9.17, 15) is 12.8 Å². The summed E-state index contributed by atoms with van der Waals surface area (Å²) in [6.45, 7) is 1.97. The van der Waals surface area contributed by atoms with Gasteiger partial charge in [0.2, 0.25) is 10.0 Å². The van der Waals surface area contributed by atoms with Gasteiger partial charge in [-0.2, -0.15) is 0 Å². The zero-order valence-electron chi connectivity index (χ0n) is 18.4. The minimum atomic E-state index is -3.69. The number of rotatable bonds is 9. The molecule has 0 atom stereocenters. The van der Waals surface area contributed by atoms with Crippen LogP contribution in [-0.2, 0) is 22.3 Å². The molecule has 0 radical (unpaired) electrons.